The molecule has 5 heteroatoms. The molecule has 0 unspecified atom stereocenters. The molecule has 0 saturated heterocycles. The Morgan fingerprint density at radius 2 is 2.54 bits per heavy atom. The molecule has 0 atom stereocenters. The van der Waals surface area contributed by atoms with E-state index >= 15 is 0 Å². The van der Waals surface area contributed by atoms with Gasteiger partial charge in [0.05, 0.1) is 6.07 Å². The third-order valence-electron chi connectivity index (χ3n) is 1.69. The van der Waals surface area contributed by atoms with Gasteiger partial charge in [-0.15, -0.1) is 0 Å². The molecule has 0 aliphatic carbocycles. The first-order valence-electron chi connectivity index (χ1n) is 3.77. The van der Waals surface area contributed by atoms with E-state index in [2.05, 4.69) is 5.10 Å². The topological polar surface area (TPSA) is 61.9 Å². The molecule has 1 aromatic rings. The van der Waals surface area contributed by atoms with Crippen molar-refractivity contribution in [1.82, 2.24) is 14.7 Å². The maximum atomic E-state index is 11.5. The molecule has 0 aliphatic heterocycles. The van der Waals surface area contributed by atoms with E-state index in [1.54, 1.807) is 26.4 Å². The van der Waals surface area contributed by atoms with Crippen LogP contribution in [0.1, 0.15) is 10.5 Å². The minimum Gasteiger partial charge on any atom is -0.327 e. The average molecular weight is 178 g/mol. The first-order chi connectivity index (χ1) is 6.16. The molecule has 1 aromatic heterocycles. The van der Waals surface area contributed by atoms with Crippen LogP contribution in [-0.2, 0) is 7.05 Å². The molecular formula is C8H10N4O. The summed E-state index contributed by atoms with van der Waals surface area (Å²) in [6, 6.07) is 3.53. The number of nitriles is 1. The Labute approximate surface area is 76.2 Å². The van der Waals surface area contributed by atoms with Crippen molar-refractivity contribution in [2.75, 3.05) is 13.6 Å². The highest BCUT2D eigenvalue weighted by Crippen LogP contribution is 2.00. The Bertz CT molecular complexity index is 349. The molecule has 0 aliphatic rings. The predicted molar refractivity (Wildman–Crippen MR) is 45.8 cm³/mol. The number of carbonyl (C=O) groups excluding carboxylic acids is 1. The molecule has 0 aromatic carbocycles. The zero-order valence-electron chi connectivity index (χ0n) is 7.56. The molecule has 68 valence electrons. The number of hydrogen-bond acceptors (Lipinski definition) is 3. The molecule has 0 saturated carbocycles. The lowest BCUT2D eigenvalue weighted by molar-refractivity contribution is 0.0801. The minimum atomic E-state index is -0.193. The van der Waals surface area contributed by atoms with Crippen LogP contribution < -0.4 is 0 Å². The van der Waals surface area contributed by atoms with Gasteiger partial charge in [0.15, 0.2) is 0 Å². The summed E-state index contributed by atoms with van der Waals surface area (Å²) in [7, 11) is 3.27. The Kier molecular flexibility index (Phi) is 2.65. The summed E-state index contributed by atoms with van der Waals surface area (Å²) in [6.07, 6.45) is 1.55. The summed E-state index contributed by atoms with van der Waals surface area (Å²) in [6.45, 7) is 0.0873. The van der Waals surface area contributed by atoms with Gasteiger partial charge in [-0.05, 0) is 6.07 Å². The van der Waals surface area contributed by atoms with E-state index in [1.165, 1.54) is 9.58 Å². The summed E-state index contributed by atoms with van der Waals surface area (Å²) in [4.78, 5) is 12.9. The first-order valence-corrected chi connectivity index (χ1v) is 3.77. The molecule has 1 amide bonds. The van der Waals surface area contributed by atoms with Crippen molar-refractivity contribution >= 4 is 5.91 Å². The van der Waals surface area contributed by atoms with Gasteiger partial charge in [0.2, 0.25) is 0 Å². The van der Waals surface area contributed by atoms with E-state index in [9.17, 15) is 4.79 Å². The van der Waals surface area contributed by atoms with Crippen molar-refractivity contribution in [3.8, 4) is 6.07 Å². The monoisotopic (exact) mass is 178 g/mol. The van der Waals surface area contributed by atoms with E-state index < -0.39 is 0 Å². The summed E-state index contributed by atoms with van der Waals surface area (Å²) in [5, 5.41) is 12.3. The zero-order valence-corrected chi connectivity index (χ0v) is 7.56. The SMILES string of the molecule is CN(CC#N)C(=O)c1ccnn1C. The van der Waals surface area contributed by atoms with Gasteiger partial charge in [-0.1, -0.05) is 0 Å². The van der Waals surface area contributed by atoms with Crippen molar-refractivity contribution in [2.45, 2.75) is 0 Å². The molecular weight excluding hydrogens is 168 g/mol. The molecule has 0 N–H and O–H groups in total. The van der Waals surface area contributed by atoms with E-state index in [4.69, 9.17) is 5.26 Å². The zero-order chi connectivity index (χ0) is 9.84. The Morgan fingerprint density at radius 3 is 3.00 bits per heavy atom. The van der Waals surface area contributed by atoms with Gasteiger partial charge in [-0.3, -0.25) is 9.48 Å². The van der Waals surface area contributed by atoms with Crippen LogP contribution in [0, 0.1) is 11.3 Å². The van der Waals surface area contributed by atoms with Crippen LogP contribution in [0.4, 0.5) is 0 Å². The smallest absolute Gasteiger partial charge is 0.272 e. The van der Waals surface area contributed by atoms with Gasteiger partial charge in [-0.2, -0.15) is 10.4 Å². The molecule has 1 rings (SSSR count). The van der Waals surface area contributed by atoms with Crippen LogP contribution in [0.3, 0.4) is 0 Å². The van der Waals surface area contributed by atoms with Crippen molar-refractivity contribution in [1.29, 1.82) is 5.26 Å². The molecule has 0 fully saturated rings. The standard InChI is InChI=1S/C8H10N4O/c1-11(6-4-9)8(13)7-3-5-10-12(7)2/h3,5H,6H2,1-2H3. The minimum absolute atomic E-state index is 0.0873. The second kappa shape index (κ2) is 3.72. The molecule has 0 bridgehead atoms. The molecule has 0 radical (unpaired) electrons. The van der Waals surface area contributed by atoms with Gasteiger partial charge < -0.3 is 4.90 Å². The molecule has 0 spiro atoms. The van der Waals surface area contributed by atoms with Crippen LogP contribution in [-0.4, -0.2) is 34.2 Å². The highest BCUT2D eigenvalue weighted by atomic mass is 16.2. The Hall–Kier alpha value is -1.83. The lowest BCUT2D eigenvalue weighted by Crippen LogP contribution is -2.28. The molecule has 5 nitrogen and oxygen atoms in total. The lowest BCUT2D eigenvalue weighted by atomic mass is 10.3. The number of nitrogens with zero attached hydrogens (tertiary/aromatic N) is 4. The van der Waals surface area contributed by atoms with Gasteiger partial charge in [0, 0.05) is 20.3 Å². The van der Waals surface area contributed by atoms with E-state index in [1.807, 2.05) is 6.07 Å². The Balaban J connectivity index is 2.81. The summed E-state index contributed by atoms with van der Waals surface area (Å²) in [5.41, 5.74) is 0.484. The lowest BCUT2D eigenvalue weighted by Gasteiger charge is -2.12. The predicted octanol–water partition coefficient (Wildman–Crippen LogP) is 0.0157. The van der Waals surface area contributed by atoms with Gasteiger partial charge >= 0.3 is 0 Å². The number of amides is 1. The fourth-order valence-corrected chi connectivity index (χ4v) is 0.957. The first kappa shape index (κ1) is 9.26. The van der Waals surface area contributed by atoms with Crippen molar-refractivity contribution in [3.05, 3.63) is 18.0 Å². The van der Waals surface area contributed by atoms with Gasteiger partial charge in [0.25, 0.3) is 5.91 Å². The van der Waals surface area contributed by atoms with Crippen LogP contribution in [0.2, 0.25) is 0 Å². The normalized spacial score (nSPS) is 9.31. The van der Waals surface area contributed by atoms with Crippen LogP contribution in [0.25, 0.3) is 0 Å². The second-order valence-electron chi connectivity index (χ2n) is 2.66. The number of aryl methyl sites for hydroxylation is 1. The summed E-state index contributed by atoms with van der Waals surface area (Å²) >= 11 is 0. The van der Waals surface area contributed by atoms with Gasteiger partial charge in [0.1, 0.15) is 12.2 Å². The average Bonchev–Trinajstić information content (AvgIpc) is 2.50. The Morgan fingerprint density at radius 1 is 1.85 bits per heavy atom. The number of aromatic nitrogens is 2. The molecule has 13 heavy (non-hydrogen) atoms. The van der Waals surface area contributed by atoms with E-state index in [0.29, 0.717) is 5.69 Å². The maximum absolute atomic E-state index is 11.5. The fraction of sp³-hybridized carbons (Fsp3) is 0.375. The largest absolute Gasteiger partial charge is 0.327 e. The van der Waals surface area contributed by atoms with Crippen molar-refractivity contribution in [3.63, 3.8) is 0 Å². The highest BCUT2D eigenvalue weighted by molar-refractivity contribution is 5.92. The fourth-order valence-electron chi connectivity index (χ4n) is 0.957. The van der Waals surface area contributed by atoms with Crippen molar-refractivity contribution in [2.24, 2.45) is 7.05 Å². The van der Waals surface area contributed by atoms with E-state index in [0.717, 1.165) is 0 Å². The quantitative estimate of drug-likeness (QED) is 0.599. The molecule has 1 heterocycles. The second-order valence-corrected chi connectivity index (χ2v) is 2.66. The summed E-state index contributed by atoms with van der Waals surface area (Å²) in [5.74, 6) is -0.193. The van der Waals surface area contributed by atoms with Crippen LogP contribution in [0.5, 0.6) is 0 Å². The summed E-state index contributed by atoms with van der Waals surface area (Å²) < 4.78 is 1.48. The third-order valence-corrected chi connectivity index (χ3v) is 1.69. The maximum Gasteiger partial charge on any atom is 0.272 e. The van der Waals surface area contributed by atoms with Gasteiger partial charge in [-0.25, -0.2) is 0 Å². The van der Waals surface area contributed by atoms with Crippen LogP contribution >= 0.6 is 0 Å². The number of hydrogen-bond donors (Lipinski definition) is 0. The van der Waals surface area contributed by atoms with Crippen molar-refractivity contribution < 1.29 is 4.79 Å². The third kappa shape index (κ3) is 1.85. The van der Waals surface area contributed by atoms with Crippen LogP contribution in [0.15, 0.2) is 12.3 Å². The van der Waals surface area contributed by atoms with E-state index in [-0.39, 0.29) is 12.5 Å². The number of carbonyl (C=O) groups is 1. The highest BCUT2D eigenvalue weighted by Gasteiger charge is 2.13. The number of rotatable bonds is 2.